The summed E-state index contributed by atoms with van der Waals surface area (Å²) in [6.07, 6.45) is 0. The molecule has 1 aromatic heterocycles. The molecule has 260 valence electrons. The number of fused-ring (bicyclic) bond motifs is 11. The normalized spacial score (nSPS) is 13.0. The van der Waals surface area contributed by atoms with E-state index in [0.29, 0.717) is 0 Å². The number of nitrogens with zero attached hydrogens (tertiary/aromatic N) is 2. The Balaban J connectivity index is 1.23. The van der Waals surface area contributed by atoms with Crippen molar-refractivity contribution in [2.24, 2.45) is 0 Å². The van der Waals surface area contributed by atoms with Gasteiger partial charge in [0.05, 0.1) is 5.39 Å². The molecule has 1 aliphatic heterocycles. The second-order valence-electron chi connectivity index (χ2n) is 14.1. The van der Waals surface area contributed by atoms with Gasteiger partial charge in [-0.05, 0) is 113 Å². The summed E-state index contributed by atoms with van der Waals surface area (Å²) < 4.78 is 14.0. The Kier molecular flexibility index (Phi) is 7.04. The summed E-state index contributed by atoms with van der Waals surface area (Å²) in [6.45, 7) is 0. The average Bonchev–Trinajstić information content (AvgIpc) is 3.76. The SMILES string of the molecule is c1ccc(N(c2ccccc2)c2ccc3c(c2)C2(c4ccccc4Oc4c2oc2ccccc42)c2cc(N(c4ccccc4)c4ccccc4)ccc2-3)cc1. The van der Waals surface area contributed by atoms with E-state index in [9.17, 15) is 0 Å². The zero-order valence-electron chi connectivity index (χ0n) is 29.8. The first-order valence-electron chi connectivity index (χ1n) is 18.7. The van der Waals surface area contributed by atoms with Crippen molar-refractivity contribution in [3.63, 3.8) is 0 Å². The molecule has 1 aliphatic carbocycles. The van der Waals surface area contributed by atoms with E-state index >= 15 is 0 Å². The molecule has 0 amide bonds. The van der Waals surface area contributed by atoms with Crippen molar-refractivity contribution in [3.8, 4) is 22.6 Å². The summed E-state index contributed by atoms with van der Waals surface area (Å²) in [5.41, 5.74) is 12.1. The number of ether oxygens (including phenoxy) is 1. The molecule has 2 heterocycles. The van der Waals surface area contributed by atoms with Crippen LogP contribution >= 0.6 is 0 Å². The van der Waals surface area contributed by atoms with E-state index in [1.165, 1.54) is 11.1 Å². The lowest BCUT2D eigenvalue weighted by molar-refractivity contribution is 0.389. The van der Waals surface area contributed by atoms with Crippen molar-refractivity contribution in [3.05, 3.63) is 229 Å². The molecule has 2 aliphatic rings. The number of hydrogen-bond acceptors (Lipinski definition) is 4. The van der Waals surface area contributed by atoms with E-state index in [4.69, 9.17) is 9.15 Å². The van der Waals surface area contributed by atoms with Gasteiger partial charge in [-0.25, -0.2) is 0 Å². The molecule has 0 saturated heterocycles. The molecule has 0 atom stereocenters. The summed E-state index contributed by atoms with van der Waals surface area (Å²) in [6, 6.07) is 72.9. The van der Waals surface area contributed by atoms with Crippen LogP contribution in [0.4, 0.5) is 34.1 Å². The van der Waals surface area contributed by atoms with E-state index in [1.807, 2.05) is 12.1 Å². The molecule has 4 heteroatoms. The molecular weight excluding hydrogens is 673 g/mol. The van der Waals surface area contributed by atoms with Gasteiger partial charge in [0.2, 0.25) is 0 Å². The van der Waals surface area contributed by atoms with Crippen molar-refractivity contribution >= 4 is 45.1 Å². The summed E-state index contributed by atoms with van der Waals surface area (Å²) in [4.78, 5) is 4.67. The van der Waals surface area contributed by atoms with Gasteiger partial charge >= 0.3 is 0 Å². The van der Waals surface area contributed by atoms with Crippen molar-refractivity contribution < 1.29 is 9.15 Å². The third-order valence-electron chi connectivity index (χ3n) is 11.1. The first kappa shape index (κ1) is 31.2. The molecule has 0 radical (unpaired) electrons. The number of benzene rings is 8. The van der Waals surface area contributed by atoms with Crippen molar-refractivity contribution in [2.75, 3.05) is 9.80 Å². The number of anilines is 6. The van der Waals surface area contributed by atoms with Crippen LogP contribution in [0.25, 0.3) is 22.1 Å². The van der Waals surface area contributed by atoms with Gasteiger partial charge < -0.3 is 19.0 Å². The van der Waals surface area contributed by atoms with Crippen LogP contribution in [-0.4, -0.2) is 0 Å². The summed E-state index contributed by atoms with van der Waals surface area (Å²) in [7, 11) is 0. The molecule has 1 spiro atoms. The highest BCUT2D eigenvalue weighted by Gasteiger charge is 2.54. The lowest BCUT2D eigenvalue weighted by Gasteiger charge is -2.37. The molecule has 4 nitrogen and oxygen atoms in total. The van der Waals surface area contributed by atoms with E-state index in [-0.39, 0.29) is 0 Å². The largest absolute Gasteiger partial charge is 0.455 e. The number of furan rings is 1. The maximum Gasteiger partial charge on any atom is 0.178 e. The van der Waals surface area contributed by atoms with Gasteiger partial charge in [-0.15, -0.1) is 0 Å². The third-order valence-corrected chi connectivity index (χ3v) is 11.1. The van der Waals surface area contributed by atoms with Gasteiger partial charge in [0.1, 0.15) is 16.7 Å². The third kappa shape index (κ3) is 4.71. The Labute approximate surface area is 319 Å². The molecule has 0 fully saturated rings. The minimum absolute atomic E-state index is 0.759. The van der Waals surface area contributed by atoms with Gasteiger partial charge in [0.25, 0.3) is 0 Å². The zero-order chi connectivity index (χ0) is 36.3. The lowest BCUT2D eigenvalue weighted by atomic mass is 9.68. The van der Waals surface area contributed by atoms with Crippen LogP contribution in [0, 0.1) is 0 Å². The minimum atomic E-state index is -0.835. The standard InChI is InChI=1S/C51H34N2O2/c1-5-17-35(18-6-1)52(36-19-7-2-8-20-36)39-29-31-41-42-32-30-40(53(37-21-9-3-10-22-37)38-23-11-4-12-24-38)34-46(42)51(45(41)33-39)44-26-14-16-28-48(44)54-49-43-25-13-15-27-47(43)55-50(49)51/h1-34H. The Morgan fingerprint density at radius 2 is 0.800 bits per heavy atom. The van der Waals surface area contributed by atoms with Crippen LogP contribution in [0.5, 0.6) is 11.5 Å². The van der Waals surface area contributed by atoms with E-state index in [2.05, 4.69) is 204 Å². The Morgan fingerprint density at radius 1 is 0.364 bits per heavy atom. The van der Waals surface area contributed by atoms with E-state index in [0.717, 1.165) is 79.0 Å². The fraction of sp³-hybridized carbons (Fsp3) is 0.0196. The molecule has 8 aromatic carbocycles. The van der Waals surface area contributed by atoms with Crippen LogP contribution in [0.1, 0.15) is 22.5 Å². The fourth-order valence-electron chi connectivity index (χ4n) is 8.78. The van der Waals surface area contributed by atoms with Crippen LogP contribution in [0.2, 0.25) is 0 Å². The Bertz CT molecular complexity index is 2640. The van der Waals surface area contributed by atoms with Gasteiger partial charge in [-0.2, -0.15) is 0 Å². The van der Waals surface area contributed by atoms with Gasteiger partial charge in [-0.3, -0.25) is 0 Å². The average molecular weight is 707 g/mol. The summed E-state index contributed by atoms with van der Waals surface area (Å²) >= 11 is 0. The predicted octanol–water partition coefficient (Wildman–Crippen LogP) is 13.8. The second kappa shape index (κ2) is 12.4. The molecule has 11 rings (SSSR count). The second-order valence-corrected chi connectivity index (χ2v) is 14.1. The molecular formula is C51H34N2O2. The number of para-hydroxylation sites is 6. The zero-order valence-corrected chi connectivity index (χ0v) is 29.8. The van der Waals surface area contributed by atoms with Crippen LogP contribution in [0.15, 0.2) is 211 Å². The summed E-state index contributed by atoms with van der Waals surface area (Å²) in [5.74, 6) is 2.37. The fourth-order valence-corrected chi connectivity index (χ4v) is 8.78. The van der Waals surface area contributed by atoms with Gasteiger partial charge in [0, 0.05) is 39.7 Å². The Hall–Kier alpha value is -7.30. The van der Waals surface area contributed by atoms with Crippen LogP contribution in [0.3, 0.4) is 0 Å². The summed E-state index contributed by atoms with van der Waals surface area (Å²) in [5, 5.41) is 0.957. The molecule has 9 aromatic rings. The van der Waals surface area contributed by atoms with Crippen molar-refractivity contribution in [1.82, 2.24) is 0 Å². The van der Waals surface area contributed by atoms with E-state index in [1.54, 1.807) is 0 Å². The minimum Gasteiger partial charge on any atom is -0.455 e. The van der Waals surface area contributed by atoms with Crippen LogP contribution < -0.4 is 14.5 Å². The molecule has 0 bridgehead atoms. The quantitative estimate of drug-likeness (QED) is 0.172. The first-order chi connectivity index (χ1) is 27.3. The topological polar surface area (TPSA) is 28.9 Å². The lowest BCUT2D eigenvalue weighted by Crippen LogP contribution is -2.31. The maximum absolute atomic E-state index is 7.09. The number of hydrogen-bond donors (Lipinski definition) is 0. The first-order valence-corrected chi connectivity index (χ1v) is 18.7. The highest BCUT2D eigenvalue weighted by molar-refractivity contribution is 5.96. The number of rotatable bonds is 6. The smallest absolute Gasteiger partial charge is 0.178 e. The van der Waals surface area contributed by atoms with Gasteiger partial charge in [0.15, 0.2) is 11.5 Å². The molecule has 55 heavy (non-hydrogen) atoms. The Morgan fingerprint density at radius 3 is 1.31 bits per heavy atom. The molecule has 0 saturated carbocycles. The predicted molar refractivity (Wildman–Crippen MR) is 223 cm³/mol. The maximum atomic E-state index is 7.09. The van der Waals surface area contributed by atoms with Crippen molar-refractivity contribution in [2.45, 2.75) is 5.41 Å². The van der Waals surface area contributed by atoms with Crippen molar-refractivity contribution in [1.29, 1.82) is 0 Å². The van der Waals surface area contributed by atoms with Crippen LogP contribution in [-0.2, 0) is 5.41 Å². The monoisotopic (exact) mass is 706 g/mol. The highest BCUT2D eigenvalue weighted by Crippen LogP contribution is 2.65. The van der Waals surface area contributed by atoms with E-state index < -0.39 is 5.41 Å². The van der Waals surface area contributed by atoms with Gasteiger partial charge in [-0.1, -0.05) is 115 Å². The molecule has 0 N–H and O–H groups in total. The highest BCUT2D eigenvalue weighted by atomic mass is 16.5. The molecule has 0 unspecified atom stereocenters.